The number of thioether (sulfide) groups is 1. The average Bonchev–Trinajstić information content (AvgIpc) is 2.42. The van der Waals surface area contributed by atoms with Crippen LogP contribution in [0.1, 0.15) is 5.56 Å². The fourth-order valence-electron chi connectivity index (χ4n) is 1.61. The van der Waals surface area contributed by atoms with E-state index in [4.69, 9.17) is 0 Å². The first kappa shape index (κ1) is 14.9. The molecule has 0 heterocycles. The number of hydrogen-bond acceptors (Lipinski definition) is 3. The molecule has 0 aliphatic rings. The van der Waals surface area contributed by atoms with Crippen molar-refractivity contribution in [3.63, 3.8) is 0 Å². The van der Waals surface area contributed by atoms with Gasteiger partial charge in [-0.1, -0.05) is 6.07 Å². The van der Waals surface area contributed by atoms with Crippen LogP contribution in [0, 0.1) is 12.7 Å². The normalized spacial score (nSPS) is 11.3. The molecular weight excluding hydrogens is 297 g/mol. The highest BCUT2D eigenvalue weighted by molar-refractivity contribution is 7.98. The van der Waals surface area contributed by atoms with Crippen molar-refractivity contribution in [2.24, 2.45) is 0 Å². The Morgan fingerprint density at radius 3 is 2.30 bits per heavy atom. The first-order chi connectivity index (χ1) is 9.42. The average molecular weight is 311 g/mol. The first-order valence-corrected chi connectivity index (χ1v) is 8.56. The lowest BCUT2D eigenvalue weighted by atomic mass is 10.2. The third kappa shape index (κ3) is 3.32. The quantitative estimate of drug-likeness (QED) is 0.877. The largest absolute Gasteiger partial charge is 0.280 e. The monoisotopic (exact) mass is 311 g/mol. The standard InChI is InChI=1S/C14H14FNO2S2/c1-10-3-8-13(9-14(10)15)20(17,18)16-11-4-6-12(19-2)7-5-11/h3-9,16H,1-2H3. The summed E-state index contributed by atoms with van der Waals surface area (Å²) in [5.74, 6) is -0.536. The zero-order valence-corrected chi connectivity index (χ0v) is 12.7. The van der Waals surface area contributed by atoms with E-state index in [0.29, 0.717) is 11.3 Å². The lowest BCUT2D eigenvalue weighted by Gasteiger charge is -2.09. The summed E-state index contributed by atoms with van der Waals surface area (Å²) in [4.78, 5) is 0.948. The molecule has 0 aromatic heterocycles. The third-order valence-corrected chi connectivity index (χ3v) is 4.92. The molecule has 0 atom stereocenters. The van der Waals surface area contributed by atoms with E-state index in [1.54, 1.807) is 30.8 Å². The van der Waals surface area contributed by atoms with E-state index < -0.39 is 15.8 Å². The van der Waals surface area contributed by atoms with Gasteiger partial charge in [0.1, 0.15) is 5.82 Å². The Morgan fingerprint density at radius 2 is 1.75 bits per heavy atom. The van der Waals surface area contributed by atoms with Gasteiger partial charge in [-0.05, 0) is 55.1 Å². The van der Waals surface area contributed by atoms with Crippen molar-refractivity contribution in [3.05, 3.63) is 53.8 Å². The van der Waals surface area contributed by atoms with Crippen LogP contribution in [0.5, 0.6) is 0 Å². The van der Waals surface area contributed by atoms with E-state index >= 15 is 0 Å². The summed E-state index contributed by atoms with van der Waals surface area (Å²) < 4.78 is 40.2. The van der Waals surface area contributed by atoms with Gasteiger partial charge in [0.25, 0.3) is 10.0 Å². The minimum absolute atomic E-state index is 0.0884. The zero-order chi connectivity index (χ0) is 14.8. The van der Waals surface area contributed by atoms with Crippen LogP contribution in [0.3, 0.4) is 0 Å². The summed E-state index contributed by atoms with van der Waals surface area (Å²) in [6, 6.07) is 10.8. The smallest absolute Gasteiger partial charge is 0.261 e. The molecule has 0 aliphatic heterocycles. The van der Waals surface area contributed by atoms with Gasteiger partial charge in [0.05, 0.1) is 4.90 Å². The van der Waals surface area contributed by atoms with Gasteiger partial charge in [0.15, 0.2) is 0 Å². The summed E-state index contributed by atoms with van der Waals surface area (Å²) in [6.45, 7) is 1.58. The number of rotatable bonds is 4. The van der Waals surface area contributed by atoms with Crippen molar-refractivity contribution in [1.29, 1.82) is 0 Å². The molecule has 0 saturated heterocycles. The summed E-state index contributed by atoms with van der Waals surface area (Å²) >= 11 is 1.57. The fraction of sp³-hybridized carbons (Fsp3) is 0.143. The number of nitrogens with one attached hydrogen (secondary N) is 1. The van der Waals surface area contributed by atoms with Crippen LogP contribution in [0.25, 0.3) is 0 Å². The predicted molar refractivity (Wildman–Crippen MR) is 80.2 cm³/mol. The van der Waals surface area contributed by atoms with Gasteiger partial charge in [0.2, 0.25) is 0 Å². The van der Waals surface area contributed by atoms with Gasteiger partial charge in [0, 0.05) is 10.6 Å². The van der Waals surface area contributed by atoms with Gasteiger partial charge < -0.3 is 0 Å². The van der Waals surface area contributed by atoms with Crippen LogP contribution in [0.15, 0.2) is 52.3 Å². The Kier molecular flexibility index (Phi) is 4.35. The zero-order valence-electron chi connectivity index (χ0n) is 11.1. The summed E-state index contributed by atoms with van der Waals surface area (Å²) in [5.41, 5.74) is 0.858. The van der Waals surface area contributed by atoms with E-state index in [9.17, 15) is 12.8 Å². The van der Waals surface area contributed by atoms with Crippen molar-refractivity contribution in [2.45, 2.75) is 16.7 Å². The van der Waals surface area contributed by atoms with Crippen molar-refractivity contribution in [1.82, 2.24) is 0 Å². The van der Waals surface area contributed by atoms with E-state index in [1.165, 1.54) is 12.1 Å². The second-order valence-corrected chi connectivity index (χ2v) is 6.81. The van der Waals surface area contributed by atoms with E-state index in [0.717, 1.165) is 11.0 Å². The second-order valence-electron chi connectivity index (χ2n) is 4.24. The Balaban J connectivity index is 2.27. The lowest BCUT2D eigenvalue weighted by Crippen LogP contribution is -2.13. The lowest BCUT2D eigenvalue weighted by molar-refractivity contribution is 0.593. The number of benzene rings is 2. The summed E-state index contributed by atoms with van der Waals surface area (Å²) in [5, 5.41) is 0. The van der Waals surface area contributed by atoms with Crippen LogP contribution >= 0.6 is 11.8 Å². The molecule has 0 radical (unpaired) electrons. The highest BCUT2D eigenvalue weighted by Crippen LogP contribution is 2.21. The molecule has 1 N–H and O–H groups in total. The number of hydrogen-bond donors (Lipinski definition) is 1. The van der Waals surface area contributed by atoms with Crippen LogP contribution in [0.4, 0.5) is 10.1 Å². The van der Waals surface area contributed by atoms with E-state index in [-0.39, 0.29) is 4.90 Å². The molecule has 20 heavy (non-hydrogen) atoms. The van der Waals surface area contributed by atoms with Crippen LogP contribution in [0.2, 0.25) is 0 Å². The minimum Gasteiger partial charge on any atom is -0.280 e. The highest BCUT2D eigenvalue weighted by atomic mass is 32.2. The van der Waals surface area contributed by atoms with Crippen LogP contribution in [-0.2, 0) is 10.0 Å². The molecule has 6 heteroatoms. The molecule has 0 spiro atoms. The molecule has 106 valence electrons. The van der Waals surface area contributed by atoms with Crippen LogP contribution < -0.4 is 4.72 Å². The number of sulfonamides is 1. The maximum absolute atomic E-state index is 13.5. The highest BCUT2D eigenvalue weighted by Gasteiger charge is 2.15. The topological polar surface area (TPSA) is 46.2 Å². The van der Waals surface area contributed by atoms with E-state index in [2.05, 4.69) is 4.72 Å². The Labute approximate surface area is 122 Å². The molecule has 0 fully saturated rings. The first-order valence-electron chi connectivity index (χ1n) is 5.85. The van der Waals surface area contributed by atoms with Crippen molar-refractivity contribution in [2.75, 3.05) is 11.0 Å². The van der Waals surface area contributed by atoms with Crippen molar-refractivity contribution < 1.29 is 12.8 Å². The van der Waals surface area contributed by atoms with Crippen molar-refractivity contribution in [3.8, 4) is 0 Å². The molecule has 0 aliphatic carbocycles. The molecule has 0 amide bonds. The molecule has 2 rings (SSSR count). The molecule has 3 nitrogen and oxygen atoms in total. The molecule has 2 aromatic carbocycles. The molecule has 0 saturated carbocycles. The van der Waals surface area contributed by atoms with Crippen molar-refractivity contribution >= 4 is 27.5 Å². The Hall–Kier alpha value is -1.53. The fourth-order valence-corrected chi connectivity index (χ4v) is 3.09. The van der Waals surface area contributed by atoms with Gasteiger partial charge >= 0.3 is 0 Å². The second kappa shape index (κ2) is 5.85. The SMILES string of the molecule is CSc1ccc(NS(=O)(=O)c2ccc(C)c(F)c2)cc1. The van der Waals surface area contributed by atoms with Crippen LogP contribution in [-0.4, -0.2) is 14.7 Å². The Bertz CT molecular complexity index is 712. The molecule has 0 bridgehead atoms. The van der Waals surface area contributed by atoms with Gasteiger partial charge in [-0.3, -0.25) is 4.72 Å². The maximum atomic E-state index is 13.5. The molecule has 0 unspecified atom stereocenters. The maximum Gasteiger partial charge on any atom is 0.261 e. The van der Waals surface area contributed by atoms with Gasteiger partial charge in [-0.15, -0.1) is 11.8 Å². The van der Waals surface area contributed by atoms with Gasteiger partial charge in [-0.2, -0.15) is 0 Å². The number of anilines is 1. The summed E-state index contributed by atoms with van der Waals surface area (Å²) in [7, 11) is -3.77. The number of halogens is 1. The molecular formula is C14H14FNO2S2. The number of aryl methyl sites for hydroxylation is 1. The molecule has 2 aromatic rings. The predicted octanol–water partition coefficient (Wildman–Crippen LogP) is 3.66. The van der Waals surface area contributed by atoms with E-state index in [1.807, 2.05) is 18.4 Å². The van der Waals surface area contributed by atoms with Gasteiger partial charge in [-0.25, -0.2) is 12.8 Å². The minimum atomic E-state index is -3.77. The Morgan fingerprint density at radius 1 is 1.10 bits per heavy atom. The third-order valence-electron chi connectivity index (χ3n) is 2.80. The summed E-state index contributed by atoms with van der Waals surface area (Å²) in [6.07, 6.45) is 1.94.